The minimum Gasteiger partial charge on any atom is -0.338 e. The van der Waals surface area contributed by atoms with Crippen molar-refractivity contribution in [1.29, 1.82) is 0 Å². The fourth-order valence-corrected chi connectivity index (χ4v) is 5.10. The van der Waals surface area contributed by atoms with E-state index in [1.165, 1.54) is 0 Å². The Labute approximate surface area is 176 Å². The molecule has 1 aromatic carbocycles. The number of carbonyl (C=O) groups is 1. The maximum absolute atomic E-state index is 12.6. The van der Waals surface area contributed by atoms with Gasteiger partial charge in [0.05, 0.1) is 10.6 Å². The van der Waals surface area contributed by atoms with Crippen molar-refractivity contribution in [3.05, 3.63) is 40.4 Å². The zero-order chi connectivity index (χ0) is 21.2. The second-order valence-corrected chi connectivity index (χ2v) is 11.1. The Morgan fingerprint density at radius 2 is 1.83 bits per heavy atom. The van der Waals surface area contributed by atoms with Gasteiger partial charge in [0.15, 0.2) is 0 Å². The maximum Gasteiger partial charge on any atom is 0.267 e. The molecule has 0 bridgehead atoms. The molecule has 158 valence electrons. The summed E-state index contributed by atoms with van der Waals surface area (Å²) < 4.78 is 31.8. The van der Waals surface area contributed by atoms with Crippen molar-refractivity contribution in [2.24, 2.45) is 5.92 Å². The van der Waals surface area contributed by atoms with Crippen molar-refractivity contribution in [2.45, 2.75) is 50.8 Å². The molecule has 0 unspecified atom stereocenters. The van der Waals surface area contributed by atoms with Crippen LogP contribution in [0, 0.1) is 12.8 Å². The molecule has 1 fully saturated rings. The van der Waals surface area contributed by atoms with E-state index in [4.69, 9.17) is 0 Å². The molecule has 1 aromatic heterocycles. The van der Waals surface area contributed by atoms with Gasteiger partial charge in [-0.2, -0.15) is 0 Å². The van der Waals surface area contributed by atoms with Crippen molar-refractivity contribution >= 4 is 27.5 Å². The van der Waals surface area contributed by atoms with E-state index in [1.807, 2.05) is 12.1 Å². The lowest BCUT2D eigenvalue weighted by Gasteiger charge is -2.31. The second kappa shape index (κ2) is 8.49. The lowest BCUT2D eigenvalue weighted by molar-refractivity contribution is 0.0696. The molecule has 1 aliphatic rings. The average molecular weight is 437 g/mol. The van der Waals surface area contributed by atoms with E-state index in [-0.39, 0.29) is 22.1 Å². The number of sulfonamides is 1. The number of likely N-dealkylation sites (tertiary alicyclic amines) is 1. The quantitative estimate of drug-likeness (QED) is 0.778. The number of piperidine rings is 1. The fourth-order valence-electron chi connectivity index (χ4n) is 3.36. The van der Waals surface area contributed by atoms with Gasteiger partial charge in [0, 0.05) is 19.6 Å². The second-order valence-electron chi connectivity index (χ2n) is 8.55. The SMILES string of the molecule is Cc1nnsc1C(=O)N1CCC(CNS(=O)(=O)c2ccc(C(C)(C)C)cc2)CC1. The Hall–Kier alpha value is -1.84. The minimum atomic E-state index is -3.54. The summed E-state index contributed by atoms with van der Waals surface area (Å²) in [6, 6.07) is 7.06. The lowest BCUT2D eigenvalue weighted by atomic mass is 9.87. The Balaban J connectivity index is 1.53. The molecule has 2 heterocycles. The van der Waals surface area contributed by atoms with E-state index >= 15 is 0 Å². The van der Waals surface area contributed by atoms with Crippen molar-refractivity contribution in [1.82, 2.24) is 19.2 Å². The van der Waals surface area contributed by atoms with Crippen LogP contribution in [-0.4, -0.2) is 48.4 Å². The molecular formula is C20H28N4O3S2. The highest BCUT2D eigenvalue weighted by Crippen LogP contribution is 2.24. The molecule has 7 nitrogen and oxygen atoms in total. The summed E-state index contributed by atoms with van der Waals surface area (Å²) in [5, 5.41) is 3.90. The van der Waals surface area contributed by atoms with E-state index in [2.05, 4.69) is 35.1 Å². The minimum absolute atomic E-state index is 0.0189. The molecule has 0 spiro atoms. The van der Waals surface area contributed by atoms with Crippen LogP contribution in [0.4, 0.5) is 0 Å². The summed E-state index contributed by atoms with van der Waals surface area (Å²) in [4.78, 5) is 15.2. The fraction of sp³-hybridized carbons (Fsp3) is 0.550. The Morgan fingerprint density at radius 3 is 2.34 bits per heavy atom. The van der Waals surface area contributed by atoms with Crippen LogP contribution >= 0.6 is 11.5 Å². The summed E-state index contributed by atoms with van der Waals surface area (Å²) in [6.07, 6.45) is 1.53. The van der Waals surface area contributed by atoms with Gasteiger partial charge in [-0.15, -0.1) is 5.10 Å². The number of nitrogens with zero attached hydrogens (tertiary/aromatic N) is 3. The van der Waals surface area contributed by atoms with E-state index in [9.17, 15) is 13.2 Å². The standard InChI is InChI=1S/C20H28N4O3S2/c1-14-18(28-23-22-14)19(25)24-11-9-15(10-12-24)13-21-29(26,27)17-7-5-16(6-8-17)20(2,3)4/h5-8,15,21H,9-13H2,1-4H3. The van der Waals surface area contributed by atoms with Crippen molar-refractivity contribution < 1.29 is 13.2 Å². The molecule has 0 atom stereocenters. The zero-order valence-corrected chi connectivity index (χ0v) is 18.9. The van der Waals surface area contributed by atoms with Crippen LogP contribution in [0.3, 0.4) is 0 Å². The number of rotatable bonds is 5. The molecule has 9 heteroatoms. The molecule has 1 aliphatic heterocycles. The molecule has 0 saturated carbocycles. The summed E-state index contributed by atoms with van der Waals surface area (Å²) in [5.74, 6) is 0.179. The molecule has 1 amide bonds. The third-order valence-electron chi connectivity index (χ3n) is 5.34. The number of hydrogen-bond donors (Lipinski definition) is 1. The molecule has 3 rings (SSSR count). The van der Waals surface area contributed by atoms with Crippen molar-refractivity contribution in [3.8, 4) is 0 Å². The molecule has 0 aliphatic carbocycles. The van der Waals surface area contributed by atoms with Crippen LogP contribution in [0.5, 0.6) is 0 Å². The first-order valence-electron chi connectivity index (χ1n) is 9.76. The summed E-state index contributed by atoms with van der Waals surface area (Å²) in [6.45, 7) is 9.68. The van der Waals surface area contributed by atoms with Crippen molar-refractivity contribution in [2.75, 3.05) is 19.6 Å². The van der Waals surface area contributed by atoms with Crippen LogP contribution in [0.25, 0.3) is 0 Å². The highest BCUT2D eigenvalue weighted by atomic mass is 32.2. The topological polar surface area (TPSA) is 92.3 Å². The normalized spacial score (nSPS) is 16.2. The predicted molar refractivity (Wildman–Crippen MR) is 114 cm³/mol. The zero-order valence-electron chi connectivity index (χ0n) is 17.3. The van der Waals surface area contributed by atoms with E-state index in [0.29, 0.717) is 30.2 Å². The van der Waals surface area contributed by atoms with E-state index in [1.54, 1.807) is 24.0 Å². The summed E-state index contributed by atoms with van der Waals surface area (Å²) in [5.41, 5.74) is 1.74. The number of aromatic nitrogens is 2. The van der Waals surface area contributed by atoms with Crippen LogP contribution < -0.4 is 4.72 Å². The Bertz CT molecular complexity index is 954. The maximum atomic E-state index is 12.6. The van der Waals surface area contributed by atoms with E-state index < -0.39 is 10.0 Å². The molecule has 29 heavy (non-hydrogen) atoms. The predicted octanol–water partition coefficient (Wildman–Crippen LogP) is 2.97. The van der Waals surface area contributed by atoms with Gasteiger partial charge >= 0.3 is 0 Å². The van der Waals surface area contributed by atoms with Gasteiger partial charge < -0.3 is 4.90 Å². The van der Waals surface area contributed by atoms with E-state index in [0.717, 1.165) is 29.9 Å². The smallest absolute Gasteiger partial charge is 0.267 e. The van der Waals surface area contributed by atoms with Crippen LogP contribution in [0.2, 0.25) is 0 Å². The van der Waals surface area contributed by atoms with Gasteiger partial charge in [0.2, 0.25) is 10.0 Å². The molecule has 1 N–H and O–H groups in total. The van der Waals surface area contributed by atoms with Crippen LogP contribution in [0.1, 0.15) is 54.5 Å². The Morgan fingerprint density at radius 1 is 1.21 bits per heavy atom. The molecule has 0 radical (unpaired) electrons. The average Bonchev–Trinajstić information content (AvgIpc) is 3.11. The summed E-state index contributed by atoms with van der Waals surface area (Å²) in [7, 11) is -3.54. The first kappa shape index (κ1) is 21.9. The Kier molecular flexibility index (Phi) is 6.40. The number of amides is 1. The van der Waals surface area contributed by atoms with Gasteiger partial charge in [-0.25, -0.2) is 13.1 Å². The first-order chi connectivity index (χ1) is 13.6. The number of hydrogen-bond acceptors (Lipinski definition) is 6. The lowest BCUT2D eigenvalue weighted by Crippen LogP contribution is -2.41. The van der Waals surface area contributed by atoms with Gasteiger partial charge in [-0.3, -0.25) is 4.79 Å². The molecular weight excluding hydrogens is 408 g/mol. The third-order valence-corrected chi connectivity index (χ3v) is 7.60. The highest BCUT2D eigenvalue weighted by molar-refractivity contribution is 7.89. The third kappa shape index (κ3) is 5.21. The largest absolute Gasteiger partial charge is 0.338 e. The first-order valence-corrected chi connectivity index (χ1v) is 12.0. The monoisotopic (exact) mass is 436 g/mol. The molecule has 1 saturated heterocycles. The van der Waals surface area contributed by atoms with Crippen LogP contribution in [0.15, 0.2) is 29.2 Å². The number of nitrogens with one attached hydrogen (secondary N) is 1. The van der Waals surface area contributed by atoms with Crippen molar-refractivity contribution in [3.63, 3.8) is 0 Å². The number of carbonyl (C=O) groups excluding carboxylic acids is 1. The molecule has 2 aromatic rings. The van der Waals surface area contributed by atoms with Gasteiger partial charge in [0.1, 0.15) is 4.88 Å². The van der Waals surface area contributed by atoms with Crippen LogP contribution in [-0.2, 0) is 15.4 Å². The highest BCUT2D eigenvalue weighted by Gasteiger charge is 2.27. The summed E-state index contributed by atoms with van der Waals surface area (Å²) >= 11 is 1.12. The van der Waals surface area contributed by atoms with Gasteiger partial charge in [-0.1, -0.05) is 37.4 Å². The number of aryl methyl sites for hydroxylation is 1. The van der Waals surface area contributed by atoms with Gasteiger partial charge in [0.25, 0.3) is 5.91 Å². The van der Waals surface area contributed by atoms with Gasteiger partial charge in [-0.05, 0) is 60.3 Å². The number of benzene rings is 1.